The molecule has 0 aliphatic rings. The number of carboxylic acid groups (broad SMARTS) is 1. The lowest BCUT2D eigenvalue weighted by molar-refractivity contribution is 0.0697. The van der Waals surface area contributed by atoms with Crippen LogP contribution in [0.15, 0.2) is 34.5 Å². The molecule has 0 unspecified atom stereocenters. The number of rotatable bonds is 5. The summed E-state index contributed by atoms with van der Waals surface area (Å²) in [6.45, 7) is 5.43. The Hall–Kier alpha value is -1.86. The Labute approximate surface area is 133 Å². The van der Waals surface area contributed by atoms with E-state index in [4.69, 9.17) is 0 Å². The number of thiophene rings is 1. The first-order valence-corrected chi connectivity index (χ1v) is 8.96. The summed E-state index contributed by atoms with van der Waals surface area (Å²) < 4.78 is 26.9. The molecular formula is C15H17NO4S2. The van der Waals surface area contributed by atoms with E-state index in [1.54, 1.807) is 38.1 Å². The van der Waals surface area contributed by atoms with Crippen molar-refractivity contribution in [3.05, 3.63) is 46.3 Å². The van der Waals surface area contributed by atoms with Gasteiger partial charge >= 0.3 is 5.97 Å². The van der Waals surface area contributed by atoms with Crippen molar-refractivity contribution in [2.75, 3.05) is 10.8 Å². The van der Waals surface area contributed by atoms with Crippen LogP contribution in [0.3, 0.4) is 0 Å². The van der Waals surface area contributed by atoms with E-state index in [1.807, 2.05) is 6.92 Å². The fourth-order valence-corrected chi connectivity index (χ4v) is 5.06. The molecule has 1 heterocycles. The van der Waals surface area contributed by atoms with Gasteiger partial charge in [-0.2, -0.15) is 0 Å². The van der Waals surface area contributed by atoms with Crippen LogP contribution in [0.1, 0.15) is 27.7 Å². The minimum Gasteiger partial charge on any atom is -0.478 e. The van der Waals surface area contributed by atoms with Crippen LogP contribution in [0.5, 0.6) is 0 Å². The van der Waals surface area contributed by atoms with Crippen molar-refractivity contribution < 1.29 is 18.3 Å². The SMILES string of the molecule is CCN(c1ccc(C)cc1C(=O)O)S(=O)(=O)c1ccc(C)s1. The number of hydrogen-bond acceptors (Lipinski definition) is 4. The molecule has 1 aromatic heterocycles. The normalized spacial score (nSPS) is 11.4. The van der Waals surface area contributed by atoms with E-state index in [-0.39, 0.29) is 22.0 Å². The van der Waals surface area contributed by atoms with Gasteiger partial charge in [-0.25, -0.2) is 13.2 Å². The van der Waals surface area contributed by atoms with Gasteiger partial charge in [-0.3, -0.25) is 4.31 Å². The molecule has 2 aromatic rings. The maximum Gasteiger partial charge on any atom is 0.337 e. The van der Waals surface area contributed by atoms with Crippen molar-refractivity contribution in [3.63, 3.8) is 0 Å². The van der Waals surface area contributed by atoms with Gasteiger partial charge in [0.2, 0.25) is 0 Å². The molecule has 0 fully saturated rings. The predicted octanol–water partition coefficient (Wildman–Crippen LogP) is 3.28. The first-order chi connectivity index (χ1) is 10.3. The molecule has 0 radical (unpaired) electrons. The maximum absolute atomic E-state index is 12.8. The topological polar surface area (TPSA) is 74.7 Å². The highest BCUT2D eigenvalue weighted by Gasteiger charge is 2.28. The van der Waals surface area contributed by atoms with Gasteiger partial charge in [-0.05, 0) is 45.0 Å². The van der Waals surface area contributed by atoms with Gasteiger partial charge in [-0.1, -0.05) is 11.6 Å². The zero-order chi connectivity index (χ0) is 16.5. The standard InChI is InChI=1S/C15H17NO4S2/c1-4-16(22(19,20)14-8-6-11(3)21-14)13-7-5-10(2)9-12(13)15(17)18/h5-9H,4H2,1-3H3,(H,17,18). The van der Waals surface area contributed by atoms with E-state index in [0.717, 1.165) is 14.7 Å². The number of hydrogen-bond donors (Lipinski definition) is 1. The molecular weight excluding hydrogens is 322 g/mol. The Balaban J connectivity index is 2.60. The fraction of sp³-hybridized carbons (Fsp3) is 0.267. The van der Waals surface area contributed by atoms with Crippen LogP contribution >= 0.6 is 11.3 Å². The van der Waals surface area contributed by atoms with Gasteiger partial charge in [0.25, 0.3) is 10.0 Å². The number of carboxylic acids is 1. The Bertz CT molecular complexity index is 809. The van der Waals surface area contributed by atoms with E-state index >= 15 is 0 Å². The number of anilines is 1. The number of aromatic carboxylic acids is 1. The first kappa shape index (κ1) is 16.5. The zero-order valence-electron chi connectivity index (χ0n) is 12.5. The second kappa shape index (κ2) is 6.10. The summed E-state index contributed by atoms with van der Waals surface area (Å²) in [6, 6.07) is 8.01. The minimum atomic E-state index is -3.76. The van der Waals surface area contributed by atoms with Gasteiger partial charge in [0.15, 0.2) is 0 Å². The van der Waals surface area contributed by atoms with Crippen LogP contribution in [-0.4, -0.2) is 26.0 Å². The average Bonchev–Trinajstić information content (AvgIpc) is 2.88. The summed E-state index contributed by atoms with van der Waals surface area (Å²) in [5, 5.41) is 9.36. The highest BCUT2D eigenvalue weighted by Crippen LogP contribution is 2.31. The quantitative estimate of drug-likeness (QED) is 0.907. The lowest BCUT2D eigenvalue weighted by atomic mass is 10.1. The molecule has 0 aliphatic heterocycles. The molecule has 0 spiro atoms. The van der Waals surface area contributed by atoms with Crippen molar-refractivity contribution in [1.29, 1.82) is 0 Å². The van der Waals surface area contributed by atoms with Crippen LogP contribution in [0, 0.1) is 13.8 Å². The summed E-state index contributed by atoms with van der Waals surface area (Å²) >= 11 is 1.17. The van der Waals surface area contributed by atoms with Crippen LogP contribution in [0.2, 0.25) is 0 Å². The minimum absolute atomic E-state index is 0.0151. The summed E-state index contributed by atoms with van der Waals surface area (Å²) in [6.07, 6.45) is 0. The number of carbonyl (C=O) groups is 1. The largest absolute Gasteiger partial charge is 0.478 e. The summed E-state index contributed by atoms with van der Waals surface area (Å²) in [7, 11) is -3.76. The lowest BCUT2D eigenvalue weighted by Gasteiger charge is -2.23. The molecule has 22 heavy (non-hydrogen) atoms. The highest BCUT2D eigenvalue weighted by molar-refractivity contribution is 7.94. The number of benzene rings is 1. The molecule has 5 nitrogen and oxygen atoms in total. The fourth-order valence-electron chi connectivity index (χ4n) is 2.17. The molecule has 1 aromatic carbocycles. The summed E-state index contributed by atoms with van der Waals surface area (Å²) in [5.74, 6) is -1.14. The maximum atomic E-state index is 12.8. The molecule has 0 amide bonds. The zero-order valence-corrected chi connectivity index (χ0v) is 14.2. The van der Waals surface area contributed by atoms with E-state index in [1.165, 1.54) is 17.4 Å². The molecule has 0 saturated heterocycles. The van der Waals surface area contributed by atoms with Crippen molar-refractivity contribution in [3.8, 4) is 0 Å². The predicted molar refractivity (Wildman–Crippen MR) is 87.4 cm³/mol. The van der Waals surface area contributed by atoms with Crippen molar-refractivity contribution in [2.24, 2.45) is 0 Å². The van der Waals surface area contributed by atoms with Crippen LogP contribution in [0.25, 0.3) is 0 Å². The van der Waals surface area contributed by atoms with Gasteiger partial charge in [0.1, 0.15) is 4.21 Å². The van der Waals surface area contributed by atoms with Gasteiger partial charge in [0.05, 0.1) is 11.3 Å². The molecule has 0 bridgehead atoms. The summed E-state index contributed by atoms with van der Waals surface area (Å²) in [4.78, 5) is 12.3. The van der Waals surface area contributed by atoms with Crippen molar-refractivity contribution in [1.82, 2.24) is 0 Å². The van der Waals surface area contributed by atoms with Crippen LogP contribution < -0.4 is 4.31 Å². The van der Waals surface area contributed by atoms with E-state index in [0.29, 0.717) is 0 Å². The van der Waals surface area contributed by atoms with Gasteiger partial charge in [0, 0.05) is 11.4 Å². The Morgan fingerprint density at radius 2 is 1.91 bits per heavy atom. The van der Waals surface area contributed by atoms with E-state index < -0.39 is 16.0 Å². The highest BCUT2D eigenvalue weighted by atomic mass is 32.2. The molecule has 7 heteroatoms. The molecule has 118 valence electrons. The number of nitrogens with zero attached hydrogens (tertiary/aromatic N) is 1. The smallest absolute Gasteiger partial charge is 0.337 e. The average molecular weight is 339 g/mol. The van der Waals surface area contributed by atoms with Gasteiger partial charge in [-0.15, -0.1) is 11.3 Å². The molecule has 1 N–H and O–H groups in total. The van der Waals surface area contributed by atoms with Crippen molar-refractivity contribution >= 4 is 33.0 Å². The van der Waals surface area contributed by atoms with Gasteiger partial charge < -0.3 is 5.11 Å². The monoisotopic (exact) mass is 339 g/mol. The molecule has 0 saturated carbocycles. The molecule has 0 aliphatic carbocycles. The summed E-state index contributed by atoms with van der Waals surface area (Å²) in [5.41, 5.74) is 0.937. The Morgan fingerprint density at radius 1 is 1.23 bits per heavy atom. The number of aryl methyl sites for hydroxylation is 2. The van der Waals surface area contributed by atoms with Crippen molar-refractivity contribution in [2.45, 2.75) is 25.0 Å². The Morgan fingerprint density at radius 3 is 2.41 bits per heavy atom. The first-order valence-electron chi connectivity index (χ1n) is 6.70. The second-order valence-corrected chi connectivity index (χ2v) is 8.24. The van der Waals surface area contributed by atoms with Crippen LogP contribution in [-0.2, 0) is 10.0 Å². The van der Waals surface area contributed by atoms with E-state index in [9.17, 15) is 18.3 Å². The molecule has 0 atom stereocenters. The van der Waals surface area contributed by atoms with E-state index in [2.05, 4.69) is 0 Å². The molecule has 2 rings (SSSR count). The Kier molecular flexibility index (Phi) is 4.58. The number of sulfonamides is 1. The third-order valence-corrected chi connectivity index (χ3v) is 6.56. The van der Waals surface area contributed by atoms with Crippen LogP contribution in [0.4, 0.5) is 5.69 Å². The second-order valence-electron chi connectivity index (χ2n) is 4.86. The third kappa shape index (κ3) is 3.00. The third-order valence-electron chi connectivity index (χ3n) is 3.20. The lowest BCUT2D eigenvalue weighted by Crippen LogP contribution is -2.31.